The van der Waals surface area contributed by atoms with Gasteiger partial charge in [0.2, 0.25) is 5.91 Å². The van der Waals surface area contributed by atoms with E-state index in [4.69, 9.17) is 0 Å². The lowest BCUT2D eigenvalue weighted by Gasteiger charge is -2.27. The summed E-state index contributed by atoms with van der Waals surface area (Å²) in [5.74, 6) is 0.224. The highest BCUT2D eigenvalue weighted by Gasteiger charge is 2.44. The standard InChI is InChI=1S/C32H42NOP/c1-2-3-11-26-32(34)33-27-18-6-4-5-7-19-28-35(29-20-12-8-13-21-29,30-22-14-9-15-23-30)31-24-16-10-17-25-31/h8-10,12-17,20-25H,2-7,11,18-19,26-28H2,1H3/p+1. The van der Waals surface area contributed by atoms with Crippen LogP contribution in [0.3, 0.4) is 0 Å². The van der Waals surface area contributed by atoms with Crippen LogP contribution in [-0.4, -0.2) is 18.6 Å². The SMILES string of the molecule is CCCCCC(=O)NCCCCCCCC[P+](c1ccccc1)(c1ccccc1)c1ccccc1. The molecule has 3 aromatic carbocycles. The zero-order valence-electron chi connectivity index (χ0n) is 21.5. The normalized spacial score (nSPS) is 11.3. The van der Waals surface area contributed by atoms with Crippen molar-refractivity contribution in [3.05, 3.63) is 91.0 Å². The lowest BCUT2D eigenvalue weighted by atomic mass is 10.1. The summed E-state index contributed by atoms with van der Waals surface area (Å²) in [4.78, 5) is 11.8. The molecule has 1 N–H and O–H groups in total. The Balaban J connectivity index is 1.54. The molecule has 0 unspecified atom stereocenters. The minimum atomic E-state index is -1.69. The highest BCUT2D eigenvalue weighted by Crippen LogP contribution is 2.55. The minimum Gasteiger partial charge on any atom is -0.356 e. The van der Waals surface area contributed by atoms with Crippen molar-refractivity contribution in [2.45, 2.75) is 71.1 Å². The Morgan fingerprint density at radius 1 is 0.600 bits per heavy atom. The molecule has 0 bridgehead atoms. The van der Waals surface area contributed by atoms with Crippen LogP contribution in [0.4, 0.5) is 0 Å². The number of hydrogen-bond acceptors (Lipinski definition) is 1. The molecule has 0 aliphatic carbocycles. The Morgan fingerprint density at radius 2 is 1.06 bits per heavy atom. The molecule has 0 aliphatic rings. The molecule has 0 heterocycles. The van der Waals surface area contributed by atoms with Crippen LogP contribution in [0.5, 0.6) is 0 Å². The van der Waals surface area contributed by atoms with Gasteiger partial charge in [0.15, 0.2) is 0 Å². The van der Waals surface area contributed by atoms with Gasteiger partial charge < -0.3 is 5.32 Å². The van der Waals surface area contributed by atoms with E-state index in [1.54, 1.807) is 0 Å². The summed E-state index contributed by atoms with van der Waals surface area (Å²) in [7, 11) is -1.69. The molecule has 3 rings (SSSR count). The molecular formula is C32H43NOP+. The first kappa shape index (κ1) is 27.2. The first-order chi connectivity index (χ1) is 17.3. The fourth-order valence-electron chi connectivity index (χ4n) is 4.91. The zero-order valence-corrected chi connectivity index (χ0v) is 22.4. The smallest absolute Gasteiger partial charge is 0.219 e. The summed E-state index contributed by atoms with van der Waals surface area (Å²) in [6.45, 7) is 3.00. The molecule has 0 saturated heterocycles. The highest BCUT2D eigenvalue weighted by atomic mass is 31.2. The van der Waals surface area contributed by atoms with Crippen molar-refractivity contribution < 1.29 is 4.79 Å². The number of carbonyl (C=O) groups is 1. The van der Waals surface area contributed by atoms with Crippen molar-refractivity contribution >= 4 is 29.1 Å². The quantitative estimate of drug-likeness (QED) is 0.170. The van der Waals surface area contributed by atoms with Gasteiger partial charge in [-0.15, -0.1) is 0 Å². The van der Waals surface area contributed by atoms with Gasteiger partial charge in [0.05, 0.1) is 6.16 Å². The maximum atomic E-state index is 11.8. The Kier molecular flexibility index (Phi) is 12.1. The van der Waals surface area contributed by atoms with Gasteiger partial charge in [0.1, 0.15) is 23.2 Å². The molecule has 0 atom stereocenters. The maximum Gasteiger partial charge on any atom is 0.219 e. The maximum absolute atomic E-state index is 11.8. The number of nitrogens with one attached hydrogen (secondary N) is 1. The van der Waals surface area contributed by atoms with E-state index < -0.39 is 7.26 Å². The molecular weight excluding hydrogens is 445 g/mol. The van der Waals surface area contributed by atoms with Gasteiger partial charge >= 0.3 is 0 Å². The van der Waals surface area contributed by atoms with Gasteiger partial charge in [-0.05, 0) is 62.1 Å². The summed E-state index contributed by atoms with van der Waals surface area (Å²) < 4.78 is 0. The van der Waals surface area contributed by atoms with Gasteiger partial charge in [-0.3, -0.25) is 4.79 Å². The Labute approximate surface area is 213 Å². The van der Waals surface area contributed by atoms with Crippen LogP contribution in [-0.2, 0) is 4.79 Å². The van der Waals surface area contributed by atoms with Crippen molar-refractivity contribution in [2.24, 2.45) is 0 Å². The van der Waals surface area contributed by atoms with Gasteiger partial charge in [-0.1, -0.05) is 93.6 Å². The Hall–Kier alpha value is -2.44. The lowest BCUT2D eigenvalue weighted by Crippen LogP contribution is -2.33. The molecule has 0 aliphatic heterocycles. The highest BCUT2D eigenvalue weighted by molar-refractivity contribution is 7.95. The third kappa shape index (κ3) is 8.32. The lowest BCUT2D eigenvalue weighted by molar-refractivity contribution is -0.121. The van der Waals surface area contributed by atoms with E-state index in [0.29, 0.717) is 6.42 Å². The van der Waals surface area contributed by atoms with Gasteiger partial charge in [0.25, 0.3) is 0 Å². The first-order valence-corrected chi connectivity index (χ1v) is 15.6. The van der Waals surface area contributed by atoms with Crippen LogP contribution in [0, 0.1) is 0 Å². The summed E-state index contributed by atoms with van der Waals surface area (Å²) in [5, 5.41) is 7.52. The summed E-state index contributed by atoms with van der Waals surface area (Å²) in [6, 6.07) is 33.6. The third-order valence-corrected chi connectivity index (χ3v) is 11.4. The number of benzene rings is 3. The molecule has 3 aromatic rings. The van der Waals surface area contributed by atoms with Crippen LogP contribution in [0.1, 0.15) is 71.1 Å². The molecule has 0 saturated carbocycles. The predicted octanol–water partition coefficient (Wildman–Crippen LogP) is 7.02. The minimum absolute atomic E-state index is 0.224. The Bertz CT molecular complexity index is 862. The first-order valence-electron chi connectivity index (χ1n) is 13.6. The van der Waals surface area contributed by atoms with E-state index in [1.165, 1.54) is 60.6 Å². The molecule has 2 nitrogen and oxygen atoms in total. The molecule has 35 heavy (non-hydrogen) atoms. The van der Waals surface area contributed by atoms with E-state index in [0.717, 1.165) is 25.8 Å². The molecule has 186 valence electrons. The topological polar surface area (TPSA) is 29.1 Å². The van der Waals surface area contributed by atoms with Gasteiger partial charge in [0, 0.05) is 13.0 Å². The van der Waals surface area contributed by atoms with Gasteiger partial charge in [-0.25, -0.2) is 0 Å². The molecule has 0 radical (unpaired) electrons. The van der Waals surface area contributed by atoms with E-state index in [1.807, 2.05) is 0 Å². The van der Waals surface area contributed by atoms with E-state index in [9.17, 15) is 4.79 Å². The summed E-state index contributed by atoms with van der Waals surface area (Å²) >= 11 is 0. The number of carbonyl (C=O) groups excluding carboxylic acids is 1. The largest absolute Gasteiger partial charge is 0.356 e. The number of rotatable bonds is 16. The van der Waals surface area contributed by atoms with E-state index in [-0.39, 0.29) is 5.91 Å². The Morgan fingerprint density at radius 3 is 1.54 bits per heavy atom. The number of amides is 1. The van der Waals surface area contributed by atoms with E-state index in [2.05, 4.69) is 103 Å². The monoisotopic (exact) mass is 488 g/mol. The second kappa shape index (κ2) is 15.5. The summed E-state index contributed by atoms with van der Waals surface area (Å²) in [6.07, 6.45) is 12.5. The van der Waals surface area contributed by atoms with Gasteiger partial charge in [-0.2, -0.15) is 0 Å². The van der Waals surface area contributed by atoms with Crippen molar-refractivity contribution in [3.8, 4) is 0 Å². The fraction of sp³-hybridized carbons (Fsp3) is 0.406. The second-order valence-corrected chi connectivity index (χ2v) is 13.1. The van der Waals surface area contributed by atoms with Crippen LogP contribution in [0.15, 0.2) is 91.0 Å². The van der Waals surface area contributed by atoms with Crippen molar-refractivity contribution in [1.29, 1.82) is 0 Å². The van der Waals surface area contributed by atoms with Crippen molar-refractivity contribution in [3.63, 3.8) is 0 Å². The average Bonchev–Trinajstić information content (AvgIpc) is 2.92. The van der Waals surface area contributed by atoms with E-state index >= 15 is 0 Å². The second-order valence-electron chi connectivity index (χ2n) is 9.47. The molecule has 0 aromatic heterocycles. The predicted molar refractivity (Wildman–Crippen MR) is 155 cm³/mol. The van der Waals surface area contributed by atoms with Crippen LogP contribution in [0.2, 0.25) is 0 Å². The summed E-state index contributed by atoms with van der Waals surface area (Å²) in [5.41, 5.74) is 0. The molecule has 0 spiro atoms. The van der Waals surface area contributed by atoms with Crippen LogP contribution >= 0.6 is 7.26 Å². The number of hydrogen-bond donors (Lipinski definition) is 1. The zero-order chi connectivity index (χ0) is 24.6. The molecule has 1 amide bonds. The number of unbranched alkanes of at least 4 members (excludes halogenated alkanes) is 7. The molecule has 0 fully saturated rings. The van der Waals surface area contributed by atoms with Crippen LogP contribution < -0.4 is 21.2 Å². The third-order valence-electron chi connectivity index (χ3n) is 6.84. The van der Waals surface area contributed by atoms with Crippen molar-refractivity contribution in [1.82, 2.24) is 5.32 Å². The van der Waals surface area contributed by atoms with Crippen LogP contribution in [0.25, 0.3) is 0 Å². The fourth-order valence-corrected chi connectivity index (χ4v) is 9.33. The van der Waals surface area contributed by atoms with Crippen molar-refractivity contribution in [2.75, 3.05) is 12.7 Å². The average molecular weight is 489 g/mol. The molecule has 3 heteroatoms.